The molecule has 3 aliphatic rings. The number of hydrogen-bond acceptors (Lipinski definition) is 1. The van der Waals surface area contributed by atoms with E-state index in [4.69, 9.17) is 0 Å². The van der Waals surface area contributed by atoms with Crippen molar-refractivity contribution in [3.05, 3.63) is 35.4 Å². The van der Waals surface area contributed by atoms with Crippen LogP contribution in [0.3, 0.4) is 0 Å². The van der Waals surface area contributed by atoms with Gasteiger partial charge in [-0.1, -0.05) is 52.0 Å². The minimum Gasteiger partial charge on any atom is -0.303 e. The lowest BCUT2D eigenvalue weighted by Crippen LogP contribution is -2.33. The van der Waals surface area contributed by atoms with Crippen molar-refractivity contribution >= 4 is 12.4 Å². The van der Waals surface area contributed by atoms with Gasteiger partial charge in [-0.3, -0.25) is 0 Å². The Morgan fingerprint density at radius 2 is 1.43 bits per heavy atom. The average Bonchev–Trinajstić information content (AvgIpc) is 3.40. The normalized spacial score (nSPS) is 28.4. The van der Waals surface area contributed by atoms with Crippen molar-refractivity contribution in [3.63, 3.8) is 0 Å². The summed E-state index contributed by atoms with van der Waals surface area (Å²) in [6.45, 7) is 14.0. The van der Waals surface area contributed by atoms with E-state index in [-0.39, 0.29) is 12.4 Å². The highest BCUT2D eigenvalue weighted by molar-refractivity contribution is 5.85. The van der Waals surface area contributed by atoms with Gasteiger partial charge in [0.2, 0.25) is 0 Å². The van der Waals surface area contributed by atoms with Gasteiger partial charge in [-0.05, 0) is 104 Å². The molecule has 1 atom stereocenters. The molecule has 1 aliphatic heterocycles. The van der Waals surface area contributed by atoms with Crippen LogP contribution in [-0.4, -0.2) is 24.5 Å². The zero-order valence-corrected chi connectivity index (χ0v) is 19.5. The highest BCUT2D eigenvalue weighted by Gasteiger charge is 2.40. The van der Waals surface area contributed by atoms with Crippen LogP contribution in [0.4, 0.5) is 0 Å². The molecule has 0 bridgehead atoms. The number of nitrogens with zero attached hydrogens (tertiary/aromatic N) is 1. The molecule has 1 aromatic carbocycles. The molecule has 1 saturated heterocycles. The molecule has 0 radical (unpaired) electrons. The van der Waals surface area contributed by atoms with Gasteiger partial charge in [0, 0.05) is 6.54 Å². The zero-order valence-electron chi connectivity index (χ0n) is 18.7. The number of rotatable bonds is 4. The maximum absolute atomic E-state index is 2.77. The van der Waals surface area contributed by atoms with Crippen LogP contribution in [0.2, 0.25) is 0 Å². The molecule has 2 heteroatoms. The lowest BCUT2D eigenvalue weighted by atomic mass is 9.59. The number of halogens is 1. The van der Waals surface area contributed by atoms with E-state index in [0.29, 0.717) is 10.8 Å². The van der Waals surface area contributed by atoms with Crippen molar-refractivity contribution in [2.75, 3.05) is 19.6 Å². The second-order valence-electron chi connectivity index (χ2n) is 11.6. The highest BCUT2D eigenvalue weighted by Crippen LogP contribution is 2.53. The summed E-state index contributed by atoms with van der Waals surface area (Å²) in [5.74, 6) is 2.55. The molecule has 158 valence electrons. The molecule has 1 aromatic rings. The van der Waals surface area contributed by atoms with Crippen LogP contribution in [0.25, 0.3) is 0 Å². The van der Waals surface area contributed by atoms with Crippen LogP contribution in [0.1, 0.15) is 102 Å². The van der Waals surface area contributed by atoms with Crippen LogP contribution in [0.5, 0.6) is 0 Å². The lowest BCUT2D eigenvalue weighted by Gasteiger charge is -2.46. The average molecular weight is 404 g/mol. The SMILES string of the molecule is CC1(C)CC(c2ccccc2C2CCCN(CC3CC3)CC2)CC(C)(C)C1.Cl. The van der Waals surface area contributed by atoms with Crippen LogP contribution in [0, 0.1) is 16.7 Å². The molecule has 3 fully saturated rings. The Morgan fingerprint density at radius 1 is 0.821 bits per heavy atom. The van der Waals surface area contributed by atoms with Gasteiger partial charge in [-0.15, -0.1) is 12.4 Å². The van der Waals surface area contributed by atoms with E-state index in [2.05, 4.69) is 56.9 Å². The molecule has 4 rings (SSSR count). The van der Waals surface area contributed by atoms with Gasteiger partial charge in [-0.25, -0.2) is 0 Å². The van der Waals surface area contributed by atoms with Gasteiger partial charge in [0.15, 0.2) is 0 Å². The van der Waals surface area contributed by atoms with Crippen LogP contribution in [-0.2, 0) is 0 Å². The van der Waals surface area contributed by atoms with Gasteiger partial charge in [0.05, 0.1) is 0 Å². The van der Waals surface area contributed by atoms with Crippen molar-refractivity contribution in [1.82, 2.24) is 4.90 Å². The third kappa shape index (κ3) is 5.54. The van der Waals surface area contributed by atoms with Crippen LogP contribution >= 0.6 is 12.4 Å². The molecule has 0 amide bonds. The molecule has 0 spiro atoms. The number of benzene rings is 1. The molecule has 2 aliphatic carbocycles. The maximum atomic E-state index is 2.77. The van der Waals surface area contributed by atoms with Gasteiger partial charge in [0.1, 0.15) is 0 Å². The fraction of sp³-hybridized carbons (Fsp3) is 0.769. The van der Waals surface area contributed by atoms with Crippen molar-refractivity contribution in [2.24, 2.45) is 16.7 Å². The summed E-state index contributed by atoms with van der Waals surface area (Å²) in [7, 11) is 0. The molecule has 0 N–H and O–H groups in total. The smallest absolute Gasteiger partial charge is 0.000966 e. The third-order valence-electron chi connectivity index (χ3n) is 7.46. The number of likely N-dealkylation sites (tertiary alicyclic amines) is 1. The summed E-state index contributed by atoms with van der Waals surface area (Å²) in [5, 5.41) is 0. The van der Waals surface area contributed by atoms with Gasteiger partial charge in [0.25, 0.3) is 0 Å². The Bertz CT molecular complexity index is 630. The number of hydrogen-bond donors (Lipinski definition) is 0. The van der Waals surface area contributed by atoms with Crippen LogP contribution < -0.4 is 0 Å². The quantitative estimate of drug-likeness (QED) is 0.505. The summed E-state index contributed by atoms with van der Waals surface area (Å²) in [4.78, 5) is 2.77. The van der Waals surface area contributed by atoms with Crippen molar-refractivity contribution in [1.29, 1.82) is 0 Å². The molecular weight excluding hydrogens is 362 g/mol. The minimum atomic E-state index is 0. The fourth-order valence-electron chi connectivity index (χ4n) is 6.64. The summed E-state index contributed by atoms with van der Waals surface area (Å²) >= 11 is 0. The van der Waals surface area contributed by atoms with Gasteiger partial charge in [-0.2, -0.15) is 0 Å². The zero-order chi connectivity index (χ0) is 19.1. The standard InChI is InChI=1S/C26H41N.ClH/c1-25(2)16-22(17-26(3,4)19-25)24-10-6-5-9-23(24)21-8-7-14-27(15-13-21)18-20-11-12-20;/h5-6,9-10,20-22H,7-8,11-19H2,1-4H3;1H. The van der Waals surface area contributed by atoms with Gasteiger partial charge >= 0.3 is 0 Å². The summed E-state index contributed by atoms with van der Waals surface area (Å²) < 4.78 is 0. The Kier molecular flexibility index (Phi) is 6.87. The summed E-state index contributed by atoms with van der Waals surface area (Å²) in [6.07, 6.45) is 11.2. The minimum absolute atomic E-state index is 0. The van der Waals surface area contributed by atoms with Crippen LogP contribution in [0.15, 0.2) is 24.3 Å². The largest absolute Gasteiger partial charge is 0.303 e. The highest BCUT2D eigenvalue weighted by atomic mass is 35.5. The Morgan fingerprint density at radius 3 is 2.04 bits per heavy atom. The van der Waals surface area contributed by atoms with E-state index in [9.17, 15) is 0 Å². The van der Waals surface area contributed by atoms with E-state index in [1.165, 1.54) is 71.0 Å². The second-order valence-corrected chi connectivity index (χ2v) is 11.6. The van der Waals surface area contributed by atoms with E-state index in [1.54, 1.807) is 11.1 Å². The lowest BCUT2D eigenvalue weighted by molar-refractivity contribution is 0.0964. The molecular formula is C26H42ClN. The molecule has 28 heavy (non-hydrogen) atoms. The summed E-state index contributed by atoms with van der Waals surface area (Å²) in [5.41, 5.74) is 4.32. The fourth-order valence-corrected chi connectivity index (χ4v) is 6.64. The second kappa shape index (κ2) is 8.68. The Hall–Kier alpha value is -0.530. The topological polar surface area (TPSA) is 3.24 Å². The van der Waals surface area contributed by atoms with Crippen molar-refractivity contribution < 1.29 is 0 Å². The van der Waals surface area contributed by atoms with Crippen molar-refractivity contribution in [3.8, 4) is 0 Å². The molecule has 0 aromatic heterocycles. The first-order valence-corrected chi connectivity index (χ1v) is 11.6. The maximum Gasteiger partial charge on any atom is 0.000966 e. The molecule has 1 unspecified atom stereocenters. The molecule has 1 heterocycles. The predicted octanol–water partition coefficient (Wildman–Crippen LogP) is 7.41. The predicted molar refractivity (Wildman–Crippen MR) is 124 cm³/mol. The Balaban J connectivity index is 0.00000225. The monoisotopic (exact) mass is 403 g/mol. The first-order chi connectivity index (χ1) is 12.8. The van der Waals surface area contributed by atoms with E-state index in [0.717, 1.165) is 17.8 Å². The van der Waals surface area contributed by atoms with Gasteiger partial charge < -0.3 is 4.90 Å². The van der Waals surface area contributed by atoms with E-state index < -0.39 is 0 Å². The first kappa shape index (κ1) is 22.2. The van der Waals surface area contributed by atoms with E-state index >= 15 is 0 Å². The Labute approximate surface area is 180 Å². The summed E-state index contributed by atoms with van der Waals surface area (Å²) in [6, 6.07) is 9.55. The molecule has 1 nitrogen and oxygen atoms in total. The van der Waals surface area contributed by atoms with Crippen molar-refractivity contribution in [2.45, 2.75) is 90.9 Å². The van der Waals surface area contributed by atoms with E-state index in [1.807, 2.05) is 0 Å². The molecule has 2 saturated carbocycles. The first-order valence-electron chi connectivity index (χ1n) is 11.6. The third-order valence-corrected chi connectivity index (χ3v) is 7.46.